The Bertz CT molecular complexity index is 1040. The van der Waals surface area contributed by atoms with Gasteiger partial charge in [-0.05, 0) is 31.2 Å². The van der Waals surface area contributed by atoms with Crippen LogP contribution in [0.15, 0.2) is 65.7 Å². The zero-order chi connectivity index (χ0) is 20.6. The number of anilines is 1. The Morgan fingerprint density at radius 3 is 2.69 bits per heavy atom. The molecule has 0 spiro atoms. The van der Waals surface area contributed by atoms with Crippen molar-refractivity contribution in [1.82, 2.24) is 4.98 Å². The normalized spacial score (nSPS) is 10.2. The van der Waals surface area contributed by atoms with Gasteiger partial charge in [-0.3, -0.25) is 4.79 Å². The minimum atomic E-state index is -0.0982. The molecule has 0 fully saturated rings. The molecule has 0 aliphatic carbocycles. The summed E-state index contributed by atoms with van der Waals surface area (Å²) in [6, 6.07) is 21.1. The minimum Gasteiger partial charge on any atom is -0.497 e. The van der Waals surface area contributed by atoms with E-state index in [1.54, 1.807) is 19.2 Å². The lowest BCUT2D eigenvalue weighted by molar-refractivity contribution is -0.115. The SMILES string of the molecule is COc1cccc(NC(=O)CCSc2nc(-c3ccc(C)cc3)ccc2C#N)c1. The highest BCUT2D eigenvalue weighted by Crippen LogP contribution is 2.26. The van der Waals surface area contributed by atoms with Crippen LogP contribution in [0, 0.1) is 18.3 Å². The molecular weight excluding hydrogens is 382 g/mol. The maximum Gasteiger partial charge on any atom is 0.225 e. The molecule has 3 rings (SSSR count). The van der Waals surface area contributed by atoms with E-state index in [1.165, 1.54) is 17.3 Å². The first-order valence-electron chi connectivity index (χ1n) is 9.14. The number of carbonyl (C=O) groups excluding carboxylic acids is 1. The second kappa shape index (κ2) is 9.76. The van der Waals surface area contributed by atoms with Crippen LogP contribution in [0.5, 0.6) is 5.75 Å². The van der Waals surface area contributed by atoms with Gasteiger partial charge in [0.2, 0.25) is 5.91 Å². The molecule has 1 N–H and O–H groups in total. The molecule has 1 heterocycles. The number of nitrogens with zero attached hydrogens (tertiary/aromatic N) is 2. The summed E-state index contributed by atoms with van der Waals surface area (Å²) < 4.78 is 5.16. The molecule has 0 saturated heterocycles. The molecule has 6 heteroatoms. The monoisotopic (exact) mass is 403 g/mol. The summed E-state index contributed by atoms with van der Waals surface area (Å²) >= 11 is 1.41. The second-order valence-electron chi connectivity index (χ2n) is 6.41. The molecule has 0 unspecified atom stereocenters. The second-order valence-corrected chi connectivity index (χ2v) is 7.49. The molecule has 5 nitrogen and oxygen atoms in total. The van der Waals surface area contributed by atoms with Crippen molar-refractivity contribution in [3.05, 3.63) is 71.8 Å². The summed E-state index contributed by atoms with van der Waals surface area (Å²) in [4.78, 5) is 16.9. The quantitative estimate of drug-likeness (QED) is 0.558. The van der Waals surface area contributed by atoms with Gasteiger partial charge < -0.3 is 10.1 Å². The molecule has 2 aromatic carbocycles. The van der Waals surface area contributed by atoms with Crippen molar-refractivity contribution in [2.75, 3.05) is 18.2 Å². The number of benzene rings is 2. The fourth-order valence-electron chi connectivity index (χ4n) is 2.69. The molecule has 0 bridgehead atoms. The minimum absolute atomic E-state index is 0.0982. The van der Waals surface area contributed by atoms with Crippen LogP contribution in [0.25, 0.3) is 11.3 Å². The van der Waals surface area contributed by atoms with Gasteiger partial charge in [-0.25, -0.2) is 4.98 Å². The highest BCUT2D eigenvalue weighted by atomic mass is 32.2. The Kier molecular flexibility index (Phi) is 6.88. The summed E-state index contributed by atoms with van der Waals surface area (Å²) in [5.41, 5.74) is 4.19. The Morgan fingerprint density at radius 2 is 1.97 bits per heavy atom. The Labute approximate surface area is 174 Å². The third-order valence-electron chi connectivity index (χ3n) is 4.25. The summed E-state index contributed by atoms with van der Waals surface area (Å²) in [6.45, 7) is 2.04. The highest BCUT2D eigenvalue weighted by Gasteiger charge is 2.10. The third kappa shape index (κ3) is 5.59. The number of methoxy groups -OCH3 is 1. The van der Waals surface area contributed by atoms with E-state index in [0.29, 0.717) is 34.2 Å². The maximum atomic E-state index is 12.2. The van der Waals surface area contributed by atoms with Gasteiger partial charge in [-0.1, -0.05) is 35.9 Å². The van der Waals surface area contributed by atoms with Crippen LogP contribution in [-0.4, -0.2) is 23.8 Å². The first kappa shape index (κ1) is 20.4. The van der Waals surface area contributed by atoms with E-state index in [4.69, 9.17) is 4.74 Å². The van der Waals surface area contributed by atoms with Crippen LogP contribution in [-0.2, 0) is 4.79 Å². The average molecular weight is 404 g/mol. The number of nitriles is 1. The number of nitrogens with one attached hydrogen (secondary N) is 1. The molecule has 0 atom stereocenters. The molecule has 1 aromatic heterocycles. The van der Waals surface area contributed by atoms with Gasteiger partial charge in [0, 0.05) is 29.5 Å². The predicted octanol–water partition coefficient (Wildman–Crippen LogP) is 5.06. The van der Waals surface area contributed by atoms with Crippen molar-refractivity contribution in [2.24, 2.45) is 0 Å². The van der Waals surface area contributed by atoms with Crippen molar-refractivity contribution in [2.45, 2.75) is 18.4 Å². The molecule has 3 aromatic rings. The van der Waals surface area contributed by atoms with Crippen molar-refractivity contribution in [3.8, 4) is 23.1 Å². The van der Waals surface area contributed by atoms with E-state index in [9.17, 15) is 10.1 Å². The Balaban J connectivity index is 1.63. The van der Waals surface area contributed by atoms with Gasteiger partial charge in [0.05, 0.1) is 18.4 Å². The molecule has 29 heavy (non-hydrogen) atoms. The van der Waals surface area contributed by atoms with Crippen molar-refractivity contribution >= 4 is 23.4 Å². The number of thioether (sulfide) groups is 1. The molecule has 1 amide bonds. The van der Waals surface area contributed by atoms with E-state index in [-0.39, 0.29) is 5.91 Å². The van der Waals surface area contributed by atoms with Crippen LogP contribution >= 0.6 is 11.8 Å². The first-order valence-corrected chi connectivity index (χ1v) is 10.1. The maximum absolute atomic E-state index is 12.2. The van der Waals surface area contributed by atoms with Crippen LogP contribution in [0.3, 0.4) is 0 Å². The van der Waals surface area contributed by atoms with Crippen LogP contribution in [0.1, 0.15) is 17.5 Å². The van der Waals surface area contributed by atoms with E-state index < -0.39 is 0 Å². The zero-order valence-electron chi connectivity index (χ0n) is 16.3. The number of carbonyl (C=O) groups is 1. The van der Waals surface area contributed by atoms with Gasteiger partial charge in [-0.2, -0.15) is 5.26 Å². The number of amides is 1. The standard InChI is InChI=1S/C23H21N3O2S/c1-16-6-8-17(9-7-16)21-11-10-18(15-24)23(26-21)29-13-12-22(27)25-19-4-3-5-20(14-19)28-2/h3-11,14H,12-13H2,1-2H3,(H,25,27). The number of aromatic nitrogens is 1. The average Bonchev–Trinajstić information content (AvgIpc) is 2.74. The van der Waals surface area contributed by atoms with E-state index in [0.717, 1.165) is 11.3 Å². The molecule has 0 radical (unpaired) electrons. The number of rotatable bonds is 7. The lowest BCUT2D eigenvalue weighted by Crippen LogP contribution is -2.12. The lowest BCUT2D eigenvalue weighted by atomic mass is 10.1. The molecule has 0 aliphatic rings. The number of hydrogen-bond donors (Lipinski definition) is 1. The zero-order valence-corrected chi connectivity index (χ0v) is 17.1. The fraction of sp³-hybridized carbons (Fsp3) is 0.174. The van der Waals surface area contributed by atoms with E-state index in [2.05, 4.69) is 16.4 Å². The lowest BCUT2D eigenvalue weighted by Gasteiger charge is -2.08. The van der Waals surface area contributed by atoms with Gasteiger partial charge in [0.25, 0.3) is 0 Å². The van der Waals surface area contributed by atoms with Crippen LogP contribution in [0.4, 0.5) is 5.69 Å². The van der Waals surface area contributed by atoms with E-state index in [1.807, 2.05) is 55.5 Å². The highest BCUT2D eigenvalue weighted by molar-refractivity contribution is 7.99. The smallest absolute Gasteiger partial charge is 0.225 e. The van der Waals surface area contributed by atoms with Gasteiger partial charge >= 0.3 is 0 Å². The fourth-order valence-corrected chi connectivity index (χ4v) is 3.60. The number of hydrogen-bond acceptors (Lipinski definition) is 5. The Hall–Kier alpha value is -3.30. The largest absolute Gasteiger partial charge is 0.497 e. The number of ether oxygens (including phenoxy) is 1. The predicted molar refractivity (Wildman–Crippen MR) is 116 cm³/mol. The Morgan fingerprint density at radius 1 is 1.17 bits per heavy atom. The summed E-state index contributed by atoms with van der Waals surface area (Å²) in [7, 11) is 1.59. The van der Waals surface area contributed by atoms with Crippen LogP contribution < -0.4 is 10.1 Å². The van der Waals surface area contributed by atoms with Gasteiger partial charge in [-0.15, -0.1) is 11.8 Å². The summed E-state index contributed by atoms with van der Waals surface area (Å²) in [5, 5.41) is 12.9. The first-order chi connectivity index (χ1) is 14.1. The number of pyridine rings is 1. The van der Waals surface area contributed by atoms with Crippen LogP contribution in [0.2, 0.25) is 0 Å². The van der Waals surface area contributed by atoms with Crippen molar-refractivity contribution < 1.29 is 9.53 Å². The summed E-state index contributed by atoms with van der Waals surface area (Å²) in [6.07, 6.45) is 0.309. The number of aryl methyl sites for hydroxylation is 1. The summed E-state index contributed by atoms with van der Waals surface area (Å²) in [5.74, 6) is 1.11. The van der Waals surface area contributed by atoms with Gasteiger partial charge in [0.15, 0.2) is 0 Å². The van der Waals surface area contributed by atoms with E-state index >= 15 is 0 Å². The molecule has 146 valence electrons. The van der Waals surface area contributed by atoms with Crippen molar-refractivity contribution in [3.63, 3.8) is 0 Å². The molecule has 0 aliphatic heterocycles. The van der Waals surface area contributed by atoms with Gasteiger partial charge in [0.1, 0.15) is 16.8 Å². The topological polar surface area (TPSA) is 75.0 Å². The third-order valence-corrected chi connectivity index (χ3v) is 5.24. The molecular formula is C23H21N3O2S. The molecule has 0 saturated carbocycles. The van der Waals surface area contributed by atoms with Crippen molar-refractivity contribution in [1.29, 1.82) is 5.26 Å².